The Morgan fingerprint density at radius 2 is 2.06 bits per heavy atom. The lowest BCUT2D eigenvalue weighted by molar-refractivity contribution is -0.122. The fourth-order valence-electron chi connectivity index (χ4n) is 1.24. The second-order valence-electron chi connectivity index (χ2n) is 3.93. The number of carbonyl (C=O) groups is 1. The summed E-state index contributed by atoms with van der Waals surface area (Å²) >= 11 is 3.35. The van der Waals surface area contributed by atoms with Gasteiger partial charge in [0.05, 0.1) is 13.0 Å². The molecular weight excluding hydrogens is 282 g/mol. The Morgan fingerprint density at radius 1 is 1.41 bits per heavy atom. The van der Waals surface area contributed by atoms with Crippen LogP contribution < -0.4 is 10.1 Å². The molecule has 1 N–H and O–H groups in total. The van der Waals surface area contributed by atoms with Crippen molar-refractivity contribution in [3.05, 3.63) is 28.7 Å². The molecule has 0 aliphatic carbocycles. The maximum atomic E-state index is 11.5. The molecule has 17 heavy (non-hydrogen) atoms. The van der Waals surface area contributed by atoms with E-state index in [1.807, 2.05) is 38.1 Å². The van der Waals surface area contributed by atoms with Gasteiger partial charge in [-0.3, -0.25) is 4.79 Å². The molecule has 0 heterocycles. The van der Waals surface area contributed by atoms with Gasteiger partial charge in [-0.1, -0.05) is 22.9 Å². The summed E-state index contributed by atoms with van der Waals surface area (Å²) in [6.45, 7) is 4.45. The van der Waals surface area contributed by atoms with Crippen LogP contribution in [0.1, 0.15) is 26.7 Å². The Bertz CT molecular complexity index is 351. The SMILES string of the molecule is CCC(C)NC(=O)CCOc1ccc(Br)cc1. The van der Waals surface area contributed by atoms with E-state index in [4.69, 9.17) is 4.74 Å². The number of amides is 1. The largest absolute Gasteiger partial charge is 0.493 e. The molecule has 0 saturated carbocycles. The van der Waals surface area contributed by atoms with Gasteiger partial charge < -0.3 is 10.1 Å². The smallest absolute Gasteiger partial charge is 0.223 e. The van der Waals surface area contributed by atoms with Crippen LogP contribution in [0.3, 0.4) is 0 Å². The van der Waals surface area contributed by atoms with Crippen LogP contribution in [-0.2, 0) is 4.79 Å². The fraction of sp³-hybridized carbons (Fsp3) is 0.462. The molecule has 0 aromatic heterocycles. The van der Waals surface area contributed by atoms with E-state index in [2.05, 4.69) is 21.2 Å². The van der Waals surface area contributed by atoms with Crippen molar-refractivity contribution in [3.63, 3.8) is 0 Å². The Hall–Kier alpha value is -1.03. The van der Waals surface area contributed by atoms with Gasteiger partial charge in [-0.2, -0.15) is 0 Å². The van der Waals surface area contributed by atoms with Gasteiger partial charge in [0.15, 0.2) is 0 Å². The minimum Gasteiger partial charge on any atom is -0.493 e. The second-order valence-corrected chi connectivity index (χ2v) is 4.84. The van der Waals surface area contributed by atoms with E-state index in [0.717, 1.165) is 16.6 Å². The number of halogens is 1. The molecule has 94 valence electrons. The number of carbonyl (C=O) groups excluding carboxylic acids is 1. The van der Waals surface area contributed by atoms with Crippen LogP contribution in [0, 0.1) is 0 Å². The van der Waals surface area contributed by atoms with E-state index < -0.39 is 0 Å². The van der Waals surface area contributed by atoms with E-state index in [1.54, 1.807) is 0 Å². The van der Waals surface area contributed by atoms with Gasteiger partial charge in [0.25, 0.3) is 0 Å². The molecule has 1 rings (SSSR count). The van der Waals surface area contributed by atoms with E-state index >= 15 is 0 Å². The molecule has 1 atom stereocenters. The predicted octanol–water partition coefficient (Wildman–Crippen LogP) is 3.13. The molecule has 0 saturated heterocycles. The first-order valence-electron chi connectivity index (χ1n) is 5.79. The van der Waals surface area contributed by atoms with Gasteiger partial charge >= 0.3 is 0 Å². The van der Waals surface area contributed by atoms with Gasteiger partial charge in [0, 0.05) is 10.5 Å². The molecule has 0 bridgehead atoms. The maximum Gasteiger partial charge on any atom is 0.223 e. The number of hydrogen-bond donors (Lipinski definition) is 1. The second kappa shape index (κ2) is 7.33. The van der Waals surface area contributed by atoms with Crippen LogP contribution in [0.15, 0.2) is 28.7 Å². The monoisotopic (exact) mass is 299 g/mol. The third-order valence-corrected chi connectivity index (χ3v) is 2.96. The summed E-state index contributed by atoms with van der Waals surface area (Å²) < 4.78 is 6.48. The van der Waals surface area contributed by atoms with E-state index in [9.17, 15) is 4.79 Å². The minimum absolute atomic E-state index is 0.0384. The first-order valence-corrected chi connectivity index (χ1v) is 6.59. The van der Waals surface area contributed by atoms with Crippen molar-refractivity contribution >= 4 is 21.8 Å². The lowest BCUT2D eigenvalue weighted by Gasteiger charge is -2.11. The normalized spacial score (nSPS) is 11.9. The van der Waals surface area contributed by atoms with Crippen molar-refractivity contribution in [2.45, 2.75) is 32.7 Å². The molecule has 4 heteroatoms. The van der Waals surface area contributed by atoms with Gasteiger partial charge in [-0.15, -0.1) is 0 Å². The third kappa shape index (κ3) is 5.73. The Morgan fingerprint density at radius 3 is 2.65 bits per heavy atom. The summed E-state index contributed by atoms with van der Waals surface area (Å²) in [7, 11) is 0. The molecule has 0 spiro atoms. The van der Waals surface area contributed by atoms with E-state index in [-0.39, 0.29) is 11.9 Å². The Kier molecular flexibility index (Phi) is 6.05. The van der Waals surface area contributed by atoms with Crippen LogP contribution >= 0.6 is 15.9 Å². The molecule has 1 unspecified atom stereocenters. The summed E-state index contributed by atoms with van der Waals surface area (Å²) in [5.74, 6) is 0.820. The number of nitrogens with one attached hydrogen (secondary N) is 1. The lowest BCUT2D eigenvalue weighted by Crippen LogP contribution is -2.32. The molecule has 1 aromatic carbocycles. The maximum absolute atomic E-state index is 11.5. The molecule has 0 radical (unpaired) electrons. The van der Waals surface area contributed by atoms with Crippen molar-refractivity contribution in [3.8, 4) is 5.75 Å². The molecule has 1 aromatic rings. The van der Waals surface area contributed by atoms with Gasteiger partial charge in [0.1, 0.15) is 5.75 Å². The highest BCUT2D eigenvalue weighted by atomic mass is 79.9. The fourth-order valence-corrected chi connectivity index (χ4v) is 1.51. The van der Waals surface area contributed by atoms with Crippen molar-refractivity contribution < 1.29 is 9.53 Å². The number of rotatable bonds is 6. The molecule has 0 aliphatic rings. The van der Waals surface area contributed by atoms with Crippen LogP contribution in [0.25, 0.3) is 0 Å². The minimum atomic E-state index is 0.0384. The highest BCUT2D eigenvalue weighted by molar-refractivity contribution is 9.10. The molecule has 3 nitrogen and oxygen atoms in total. The van der Waals surface area contributed by atoms with Gasteiger partial charge in [-0.25, -0.2) is 0 Å². The molecule has 0 aliphatic heterocycles. The van der Waals surface area contributed by atoms with Crippen molar-refractivity contribution in [2.24, 2.45) is 0 Å². The van der Waals surface area contributed by atoms with Gasteiger partial charge in [0.2, 0.25) is 5.91 Å². The standard InChI is InChI=1S/C13H18BrNO2/c1-3-10(2)15-13(16)8-9-17-12-6-4-11(14)5-7-12/h4-7,10H,3,8-9H2,1-2H3,(H,15,16). The molecule has 1 amide bonds. The summed E-state index contributed by atoms with van der Waals surface area (Å²) in [6, 6.07) is 7.80. The molecule has 0 fully saturated rings. The molecular formula is C13H18BrNO2. The zero-order valence-corrected chi connectivity index (χ0v) is 11.8. The first kappa shape index (κ1) is 14.0. The topological polar surface area (TPSA) is 38.3 Å². The van der Waals surface area contributed by atoms with Crippen LogP contribution in [0.5, 0.6) is 5.75 Å². The Balaban J connectivity index is 2.23. The average molecular weight is 300 g/mol. The predicted molar refractivity (Wildman–Crippen MR) is 72.1 cm³/mol. The highest BCUT2D eigenvalue weighted by Crippen LogP contribution is 2.16. The highest BCUT2D eigenvalue weighted by Gasteiger charge is 2.05. The van der Waals surface area contributed by atoms with Crippen molar-refractivity contribution in [2.75, 3.05) is 6.61 Å². The third-order valence-electron chi connectivity index (χ3n) is 2.43. The summed E-state index contributed by atoms with van der Waals surface area (Å²) in [4.78, 5) is 11.5. The zero-order valence-electron chi connectivity index (χ0n) is 10.2. The Labute approximate surface area is 111 Å². The van der Waals surface area contributed by atoms with Crippen LogP contribution in [-0.4, -0.2) is 18.6 Å². The quantitative estimate of drug-likeness (QED) is 0.876. The van der Waals surface area contributed by atoms with Gasteiger partial charge in [-0.05, 0) is 37.6 Å². The van der Waals surface area contributed by atoms with E-state index in [0.29, 0.717) is 13.0 Å². The van der Waals surface area contributed by atoms with Crippen LogP contribution in [0.4, 0.5) is 0 Å². The average Bonchev–Trinajstić information content (AvgIpc) is 2.31. The summed E-state index contributed by atoms with van der Waals surface area (Å²) in [5, 5.41) is 2.90. The summed E-state index contributed by atoms with van der Waals surface area (Å²) in [6.07, 6.45) is 1.33. The van der Waals surface area contributed by atoms with Crippen molar-refractivity contribution in [1.29, 1.82) is 0 Å². The van der Waals surface area contributed by atoms with Crippen molar-refractivity contribution in [1.82, 2.24) is 5.32 Å². The first-order chi connectivity index (χ1) is 8.11. The lowest BCUT2D eigenvalue weighted by atomic mass is 10.2. The van der Waals surface area contributed by atoms with E-state index in [1.165, 1.54) is 0 Å². The number of benzene rings is 1. The number of hydrogen-bond acceptors (Lipinski definition) is 2. The zero-order chi connectivity index (χ0) is 12.7. The van der Waals surface area contributed by atoms with Crippen LogP contribution in [0.2, 0.25) is 0 Å². The number of ether oxygens (including phenoxy) is 1. The summed E-state index contributed by atoms with van der Waals surface area (Å²) in [5.41, 5.74) is 0.